The van der Waals surface area contributed by atoms with Gasteiger partial charge in [0.15, 0.2) is 5.78 Å². The highest BCUT2D eigenvalue weighted by Crippen LogP contribution is 2.41. The van der Waals surface area contributed by atoms with Crippen molar-refractivity contribution in [2.75, 3.05) is 0 Å². The van der Waals surface area contributed by atoms with E-state index in [1.807, 2.05) is 13.0 Å². The first kappa shape index (κ1) is 12.9. The van der Waals surface area contributed by atoms with Crippen LogP contribution in [0.15, 0.2) is 11.6 Å². The Morgan fingerprint density at radius 1 is 1.50 bits per heavy atom. The van der Waals surface area contributed by atoms with Gasteiger partial charge >= 0.3 is 5.97 Å². The number of carboxylic acid groups (broad SMARTS) is 1. The lowest BCUT2D eigenvalue weighted by atomic mass is 9.85. The number of carboxylic acids is 1. The van der Waals surface area contributed by atoms with Crippen molar-refractivity contribution >= 4 is 11.8 Å². The fourth-order valence-electron chi connectivity index (χ4n) is 2.28. The highest BCUT2D eigenvalue weighted by Gasteiger charge is 2.38. The van der Waals surface area contributed by atoms with Crippen molar-refractivity contribution in [3.8, 4) is 0 Å². The van der Waals surface area contributed by atoms with Gasteiger partial charge in [-0.2, -0.15) is 0 Å². The summed E-state index contributed by atoms with van der Waals surface area (Å²) in [4.78, 5) is 22.4. The second-order valence-electron chi connectivity index (χ2n) is 5.03. The van der Waals surface area contributed by atoms with Crippen LogP contribution < -0.4 is 0 Å². The molecule has 3 nitrogen and oxygen atoms in total. The van der Waals surface area contributed by atoms with Crippen molar-refractivity contribution in [2.45, 2.75) is 52.4 Å². The number of Topliss-reactive ketones (excluding diaryl/α,β-unsaturated/α-hetero) is 1. The molecule has 0 bridgehead atoms. The molecule has 0 saturated heterocycles. The summed E-state index contributed by atoms with van der Waals surface area (Å²) >= 11 is 0. The van der Waals surface area contributed by atoms with Gasteiger partial charge in [0.2, 0.25) is 0 Å². The van der Waals surface area contributed by atoms with E-state index < -0.39 is 5.97 Å². The normalized spacial score (nSPS) is 27.6. The molecular weight excluding hydrogens is 204 g/mol. The van der Waals surface area contributed by atoms with E-state index in [9.17, 15) is 9.59 Å². The number of allylic oxidation sites excluding steroid dienone is 2. The average molecular weight is 224 g/mol. The van der Waals surface area contributed by atoms with Crippen LogP contribution in [0.1, 0.15) is 52.4 Å². The zero-order chi connectivity index (χ0) is 12.2. The summed E-state index contributed by atoms with van der Waals surface area (Å²) in [6.07, 6.45) is 6.24. The second-order valence-corrected chi connectivity index (χ2v) is 5.03. The van der Waals surface area contributed by atoms with Crippen LogP contribution in [-0.4, -0.2) is 16.9 Å². The van der Waals surface area contributed by atoms with E-state index in [0.29, 0.717) is 12.8 Å². The molecule has 3 heteroatoms. The molecule has 0 aliphatic heterocycles. The summed E-state index contributed by atoms with van der Waals surface area (Å²) in [6, 6.07) is 0. The van der Waals surface area contributed by atoms with E-state index in [1.54, 1.807) is 0 Å². The van der Waals surface area contributed by atoms with Crippen molar-refractivity contribution in [3.63, 3.8) is 0 Å². The fraction of sp³-hybridized carbons (Fsp3) is 0.692. The van der Waals surface area contributed by atoms with E-state index in [2.05, 4.69) is 6.92 Å². The molecule has 1 unspecified atom stereocenters. The molecule has 1 saturated carbocycles. The molecule has 0 aromatic rings. The van der Waals surface area contributed by atoms with Crippen LogP contribution in [0.5, 0.6) is 0 Å². The third kappa shape index (κ3) is 3.47. The number of carbonyl (C=O) groups is 2. The van der Waals surface area contributed by atoms with Gasteiger partial charge in [0.05, 0.1) is 6.42 Å². The van der Waals surface area contributed by atoms with E-state index in [-0.39, 0.29) is 17.6 Å². The maximum atomic E-state index is 11.7. The quantitative estimate of drug-likeness (QED) is 0.577. The SMILES string of the molecule is CCCC/C=C1\CC(C)(CC(=O)O)CC1=O. The predicted octanol–water partition coefficient (Wildman–Crippen LogP) is 2.95. The highest BCUT2D eigenvalue weighted by atomic mass is 16.4. The zero-order valence-electron chi connectivity index (χ0n) is 10.1. The molecule has 1 rings (SSSR count). The van der Waals surface area contributed by atoms with Crippen LogP contribution in [0, 0.1) is 5.41 Å². The molecule has 1 aliphatic carbocycles. The van der Waals surface area contributed by atoms with Gasteiger partial charge in [-0.05, 0) is 23.8 Å². The molecule has 0 aromatic carbocycles. The molecule has 0 aromatic heterocycles. The Morgan fingerprint density at radius 2 is 2.19 bits per heavy atom. The Hall–Kier alpha value is -1.12. The van der Waals surface area contributed by atoms with E-state index in [4.69, 9.17) is 5.11 Å². The smallest absolute Gasteiger partial charge is 0.303 e. The molecular formula is C13H20O3. The average Bonchev–Trinajstić information content (AvgIpc) is 2.40. The highest BCUT2D eigenvalue weighted by molar-refractivity contribution is 5.98. The van der Waals surface area contributed by atoms with Crippen molar-refractivity contribution < 1.29 is 14.7 Å². The Bertz CT molecular complexity index is 317. The molecule has 1 atom stereocenters. The standard InChI is InChI=1S/C13H20O3/c1-3-4-5-6-10-7-13(2,8-11(10)14)9-12(15)16/h6H,3-5,7-9H2,1-2H3,(H,15,16)/b10-6+. The molecule has 90 valence electrons. The van der Waals surface area contributed by atoms with Gasteiger partial charge in [-0.25, -0.2) is 0 Å². The Balaban J connectivity index is 2.62. The Kier molecular flexibility index (Phi) is 4.27. The zero-order valence-corrected chi connectivity index (χ0v) is 10.1. The summed E-state index contributed by atoms with van der Waals surface area (Å²) in [7, 11) is 0. The lowest BCUT2D eigenvalue weighted by molar-refractivity contribution is -0.139. The minimum atomic E-state index is -0.815. The van der Waals surface area contributed by atoms with Gasteiger partial charge in [-0.1, -0.05) is 32.8 Å². The van der Waals surface area contributed by atoms with Crippen LogP contribution in [-0.2, 0) is 9.59 Å². The number of hydrogen-bond acceptors (Lipinski definition) is 2. The van der Waals surface area contributed by atoms with Gasteiger partial charge < -0.3 is 5.11 Å². The maximum Gasteiger partial charge on any atom is 0.303 e. The summed E-state index contributed by atoms with van der Waals surface area (Å²) in [5, 5.41) is 8.79. The molecule has 1 fully saturated rings. The first-order valence-corrected chi connectivity index (χ1v) is 5.91. The van der Waals surface area contributed by atoms with Gasteiger partial charge in [0.1, 0.15) is 0 Å². The number of hydrogen-bond donors (Lipinski definition) is 1. The summed E-state index contributed by atoms with van der Waals surface area (Å²) in [5.74, 6) is -0.676. The number of unbranched alkanes of at least 4 members (excludes halogenated alkanes) is 2. The summed E-state index contributed by atoms with van der Waals surface area (Å²) in [6.45, 7) is 4.00. The molecule has 1 aliphatic rings. The largest absolute Gasteiger partial charge is 0.481 e. The van der Waals surface area contributed by atoms with Crippen molar-refractivity contribution in [3.05, 3.63) is 11.6 Å². The molecule has 16 heavy (non-hydrogen) atoms. The Labute approximate surface area is 96.5 Å². The minimum absolute atomic E-state index is 0.0872. The third-order valence-corrected chi connectivity index (χ3v) is 3.09. The van der Waals surface area contributed by atoms with Gasteiger partial charge in [0, 0.05) is 6.42 Å². The number of carbonyl (C=O) groups excluding carboxylic acids is 1. The van der Waals surface area contributed by atoms with Gasteiger partial charge in [-0.15, -0.1) is 0 Å². The predicted molar refractivity (Wildman–Crippen MR) is 62.2 cm³/mol. The van der Waals surface area contributed by atoms with Crippen molar-refractivity contribution in [1.82, 2.24) is 0 Å². The van der Waals surface area contributed by atoms with Crippen LogP contribution in [0.25, 0.3) is 0 Å². The van der Waals surface area contributed by atoms with Gasteiger partial charge in [-0.3, -0.25) is 9.59 Å². The molecule has 0 spiro atoms. The first-order chi connectivity index (χ1) is 7.47. The summed E-state index contributed by atoms with van der Waals surface area (Å²) in [5.41, 5.74) is 0.484. The number of ketones is 1. The van der Waals surface area contributed by atoms with Crippen molar-refractivity contribution in [1.29, 1.82) is 0 Å². The Morgan fingerprint density at radius 3 is 2.75 bits per heavy atom. The van der Waals surface area contributed by atoms with Crippen LogP contribution in [0.3, 0.4) is 0 Å². The topological polar surface area (TPSA) is 54.4 Å². The lowest BCUT2D eigenvalue weighted by Crippen LogP contribution is -2.17. The third-order valence-electron chi connectivity index (χ3n) is 3.09. The molecule has 0 heterocycles. The molecule has 0 amide bonds. The maximum absolute atomic E-state index is 11.7. The van der Waals surface area contributed by atoms with Crippen LogP contribution >= 0.6 is 0 Å². The molecule has 0 radical (unpaired) electrons. The monoisotopic (exact) mass is 224 g/mol. The van der Waals surface area contributed by atoms with Crippen molar-refractivity contribution in [2.24, 2.45) is 5.41 Å². The van der Waals surface area contributed by atoms with Gasteiger partial charge in [0.25, 0.3) is 0 Å². The first-order valence-electron chi connectivity index (χ1n) is 5.91. The number of rotatable bonds is 5. The lowest BCUT2D eigenvalue weighted by Gasteiger charge is -2.18. The van der Waals surface area contributed by atoms with Crippen LogP contribution in [0.2, 0.25) is 0 Å². The van der Waals surface area contributed by atoms with E-state index in [0.717, 1.165) is 24.8 Å². The fourth-order valence-corrected chi connectivity index (χ4v) is 2.28. The summed E-state index contributed by atoms with van der Waals surface area (Å²) < 4.78 is 0. The van der Waals surface area contributed by atoms with Crippen LogP contribution in [0.4, 0.5) is 0 Å². The minimum Gasteiger partial charge on any atom is -0.481 e. The second kappa shape index (κ2) is 5.28. The number of aliphatic carboxylic acids is 1. The van der Waals surface area contributed by atoms with E-state index in [1.165, 1.54) is 0 Å². The van der Waals surface area contributed by atoms with E-state index >= 15 is 0 Å². The molecule has 1 N–H and O–H groups in total.